The van der Waals surface area contributed by atoms with Crippen molar-refractivity contribution in [1.29, 1.82) is 0 Å². The summed E-state index contributed by atoms with van der Waals surface area (Å²) in [4.78, 5) is 23.8. The fourth-order valence-corrected chi connectivity index (χ4v) is 4.25. The maximum absolute atomic E-state index is 12.3. The monoisotopic (exact) mass is 398 g/mol. The number of carbonyl (C=O) groups excluding carboxylic acids is 2. The molecule has 0 saturated heterocycles. The van der Waals surface area contributed by atoms with Crippen LogP contribution in [0.4, 0.5) is 0 Å². The average molecular weight is 399 g/mol. The van der Waals surface area contributed by atoms with Gasteiger partial charge in [0.15, 0.2) is 0 Å². The number of hydrogen-bond donors (Lipinski definition) is 0. The Bertz CT molecular complexity index is 633. The Morgan fingerprint density at radius 2 is 1.90 bits per heavy atom. The van der Waals surface area contributed by atoms with Crippen molar-refractivity contribution in [2.75, 3.05) is 0 Å². The molecular formula is C26H38O3. The lowest BCUT2D eigenvalue weighted by Crippen LogP contribution is -2.14. The Hall–Kier alpha value is -1.90. The molecule has 0 bridgehead atoms. The fraction of sp³-hybridized carbons (Fsp3) is 0.615. The zero-order chi connectivity index (χ0) is 20.9. The van der Waals surface area contributed by atoms with Crippen LogP contribution in [0.15, 0.2) is 42.5 Å². The molecule has 3 nitrogen and oxygen atoms in total. The smallest absolute Gasteiger partial charge is 0.306 e. The van der Waals surface area contributed by atoms with Crippen molar-refractivity contribution >= 4 is 11.8 Å². The number of allylic oxidation sites excluding steroid dienone is 2. The van der Waals surface area contributed by atoms with Crippen LogP contribution in [0.1, 0.15) is 83.6 Å². The maximum Gasteiger partial charge on any atom is 0.306 e. The van der Waals surface area contributed by atoms with Gasteiger partial charge >= 0.3 is 5.97 Å². The van der Waals surface area contributed by atoms with Gasteiger partial charge in [-0.25, -0.2) is 0 Å². The number of ether oxygens (including phenoxy) is 1. The zero-order valence-corrected chi connectivity index (χ0v) is 18.3. The lowest BCUT2D eigenvalue weighted by molar-refractivity contribution is -0.147. The van der Waals surface area contributed by atoms with Crippen LogP contribution >= 0.6 is 0 Å². The number of esters is 1. The van der Waals surface area contributed by atoms with Gasteiger partial charge in [-0.2, -0.15) is 0 Å². The molecule has 1 aromatic carbocycles. The summed E-state index contributed by atoms with van der Waals surface area (Å²) in [6.45, 7) is 3.74. The van der Waals surface area contributed by atoms with Crippen LogP contribution in [0.25, 0.3) is 0 Å². The second-order valence-electron chi connectivity index (χ2n) is 8.59. The summed E-state index contributed by atoms with van der Waals surface area (Å²) in [6.07, 6.45) is 15.1. The van der Waals surface area contributed by atoms with E-state index in [1.54, 1.807) is 0 Å². The van der Waals surface area contributed by atoms with Crippen molar-refractivity contribution in [2.24, 2.45) is 11.8 Å². The highest BCUT2D eigenvalue weighted by atomic mass is 16.5. The van der Waals surface area contributed by atoms with Crippen molar-refractivity contribution in [2.45, 2.75) is 90.6 Å². The predicted octanol–water partition coefficient (Wildman–Crippen LogP) is 6.45. The quantitative estimate of drug-likeness (QED) is 0.218. The molecule has 0 heterocycles. The Morgan fingerprint density at radius 3 is 2.66 bits per heavy atom. The zero-order valence-electron chi connectivity index (χ0n) is 18.3. The molecule has 160 valence electrons. The standard InChI is InChI=1S/C26H38O3/c1-21(2)29-26(28)18-12-4-3-11-17-24-23(19-20-25(24)27)16-10-6-9-15-22-13-7-5-8-14-22/h3,5,7-8,11,13-14,21,23-24H,4,6,9-10,12,15-20H2,1-2H3/b11-3-/t23-,24+/m0/s1. The molecule has 1 aliphatic rings. The molecule has 1 fully saturated rings. The van der Waals surface area contributed by atoms with Gasteiger partial charge in [0.2, 0.25) is 0 Å². The van der Waals surface area contributed by atoms with Crippen LogP contribution in [0.5, 0.6) is 0 Å². The van der Waals surface area contributed by atoms with Crippen molar-refractivity contribution < 1.29 is 14.3 Å². The first kappa shape index (κ1) is 23.4. The number of aryl methyl sites for hydroxylation is 1. The summed E-state index contributed by atoms with van der Waals surface area (Å²) >= 11 is 0. The van der Waals surface area contributed by atoms with E-state index in [4.69, 9.17) is 4.74 Å². The van der Waals surface area contributed by atoms with Crippen molar-refractivity contribution in [3.63, 3.8) is 0 Å². The molecule has 1 aromatic rings. The Balaban J connectivity index is 1.59. The largest absolute Gasteiger partial charge is 0.463 e. The molecule has 0 spiro atoms. The third-order valence-corrected chi connectivity index (χ3v) is 5.80. The first-order chi connectivity index (χ1) is 14.1. The predicted molar refractivity (Wildman–Crippen MR) is 119 cm³/mol. The molecule has 0 aliphatic heterocycles. The van der Waals surface area contributed by atoms with Crippen LogP contribution in [-0.4, -0.2) is 17.9 Å². The van der Waals surface area contributed by atoms with Gasteiger partial charge in [0, 0.05) is 18.8 Å². The number of unbranched alkanes of at least 4 members (excludes halogenated alkanes) is 3. The number of benzene rings is 1. The molecule has 1 saturated carbocycles. The summed E-state index contributed by atoms with van der Waals surface area (Å²) in [5.74, 6) is 1.10. The van der Waals surface area contributed by atoms with E-state index in [1.807, 2.05) is 13.8 Å². The highest BCUT2D eigenvalue weighted by Crippen LogP contribution is 2.35. The molecule has 0 amide bonds. The third-order valence-electron chi connectivity index (χ3n) is 5.80. The van der Waals surface area contributed by atoms with Crippen molar-refractivity contribution in [3.05, 3.63) is 48.0 Å². The average Bonchev–Trinajstić information content (AvgIpc) is 3.04. The summed E-state index contributed by atoms with van der Waals surface area (Å²) in [7, 11) is 0. The summed E-state index contributed by atoms with van der Waals surface area (Å²) in [5, 5.41) is 0. The minimum absolute atomic E-state index is 0.0401. The topological polar surface area (TPSA) is 43.4 Å². The number of rotatable bonds is 13. The SMILES string of the molecule is CC(C)OC(=O)CCC/C=C\C[C@H]1C(=O)CC[C@@H]1CCCCCc1ccccc1. The van der Waals surface area contributed by atoms with E-state index in [2.05, 4.69) is 42.5 Å². The van der Waals surface area contributed by atoms with E-state index in [-0.39, 0.29) is 18.0 Å². The fourth-order valence-electron chi connectivity index (χ4n) is 4.25. The first-order valence-corrected chi connectivity index (χ1v) is 11.5. The van der Waals surface area contributed by atoms with Crippen LogP contribution in [0.3, 0.4) is 0 Å². The molecule has 0 aromatic heterocycles. The van der Waals surface area contributed by atoms with E-state index < -0.39 is 0 Å². The number of ketones is 1. The molecule has 1 aliphatic carbocycles. The lowest BCUT2D eigenvalue weighted by Gasteiger charge is -2.16. The van der Waals surface area contributed by atoms with Gasteiger partial charge in [-0.1, -0.05) is 55.3 Å². The molecule has 0 radical (unpaired) electrons. The second kappa shape index (κ2) is 13.3. The van der Waals surface area contributed by atoms with Crippen molar-refractivity contribution in [3.8, 4) is 0 Å². The minimum Gasteiger partial charge on any atom is -0.463 e. The minimum atomic E-state index is -0.119. The lowest BCUT2D eigenvalue weighted by atomic mass is 9.87. The number of carbonyl (C=O) groups is 2. The van der Waals surface area contributed by atoms with Gasteiger partial charge in [0.1, 0.15) is 5.78 Å². The Labute approximate surface area is 176 Å². The van der Waals surface area contributed by atoms with E-state index in [1.165, 1.54) is 31.2 Å². The number of Topliss-reactive ketones (excluding diaryl/α,β-unsaturated/α-hetero) is 1. The second-order valence-corrected chi connectivity index (χ2v) is 8.59. The highest BCUT2D eigenvalue weighted by molar-refractivity contribution is 5.83. The van der Waals surface area contributed by atoms with Crippen molar-refractivity contribution in [1.82, 2.24) is 0 Å². The molecule has 2 rings (SSSR count). The summed E-state index contributed by atoms with van der Waals surface area (Å²) in [6, 6.07) is 10.7. The van der Waals surface area contributed by atoms with E-state index in [0.717, 1.165) is 38.5 Å². The summed E-state index contributed by atoms with van der Waals surface area (Å²) in [5.41, 5.74) is 1.42. The van der Waals surface area contributed by atoms with Gasteiger partial charge in [0.25, 0.3) is 0 Å². The Kier molecular flexibility index (Phi) is 10.8. The highest BCUT2D eigenvalue weighted by Gasteiger charge is 2.32. The normalized spacial score (nSPS) is 19.3. The number of hydrogen-bond acceptors (Lipinski definition) is 3. The van der Waals surface area contributed by atoms with Crippen LogP contribution < -0.4 is 0 Å². The van der Waals surface area contributed by atoms with Crippen LogP contribution in [0.2, 0.25) is 0 Å². The molecule has 0 unspecified atom stereocenters. The maximum atomic E-state index is 12.3. The first-order valence-electron chi connectivity index (χ1n) is 11.5. The summed E-state index contributed by atoms with van der Waals surface area (Å²) < 4.78 is 5.14. The van der Waals surface area contributed by atoms with E-state index in [0.29, 0.717) is 18.1 Å². The third kappa shape index (κ3) is 9.43. The molecule has 3 heteroatoms. The molecule has 29 heavy (non-hydrogen) atoms. The molecular weight excluding hydrogens is 360 g/mol. The molecule has 2 atom stereocenters. The van der Waals surface area contributed by atoms with Gasteiger partial charge in [0.05, 0.1) is 6.10 Å². The van der Waals surface area contributed by atoms with E-state index in [9.17, 15) is 9.59 Å². The Morgan fingerprint density at radius 1 is 1.10 bits per heavy atom. The van der Waals surface area contributed by atoms with Gasteiger partial charge in [-0.3, -0.25) is 9.59 Å². The van der Waals surface area contributed by atoms with E-state index >= 15 is 0 Å². The van der Waals surface area contributed by atoms with Crippen LogP contribution in [-0.2, 0) is 20.7 Å². The van der Waals surface area contributed by atoms with Crippen LogP contribution in [0, 0.1) is 11.8 Å². The molecule has 0 N–H and O–H groups in total. The van der Waals surface area contributed by atoms with Gasteiger partial charge in [-0.15, -0.1) is 0 Å². The van der Waals surface area contributed by atoms with Gasteiger partial charge < -0.3 is 4.74 Å². The van der Waals surface area contributed by atoms with Gasteiger partial charge in [-0.05, 0) is 70.3 Å².